The fourth-order valence-electron chi connectivity index (χ4n) is 11.2. The molecule has 0 fully saturated rings. The van der Waals surface area contributed by atoms with Gasteiger partial charge in [0.25, 0.3) is 6.71 Å². The zero-order valence-electron chi connectivity index (χ0n) is 35.4. The summed E-state index contributed by atoms with van der Waals surface area (Å²) in [6.07, 6.45) is 0. The van der Waals surface area contributed by atoms with Crippen molar-refractivity contribution in [1.29, 1.82) is 0 Å². The molecule has 2 aliphatic rings. The van der Waals surface area contributed by atoms with Gasteiger partial charge in [0.2, 0.25) is 0 Å². The lowest BCUT2D eigenvalue weighted by Crippen LogP contribution is -2.59. The number of benzene rings is 10. The normalized spacial score (nSPS) is 12.9. The average molecular weight is 843 g/mol. The van der Waals surface area contributed by atoms with Crippen molar-refractivity contribution in [3.63, 3.8) is 0 Å². The number of anilines is 3. The smallest absolute Gasteiger partial charge is 0.256 e. The summed E-state index contributed by atoms with van der Waals surface area (Å²) in [5.74, 6) is 1.68. The van der Waals surface area contributed by atoms with Gasteiger partial charge in [-0.15, -0.1) is 0 Å². The quantitative estimate of drug-likeness (QED) is 0.166. The first-order valence-corrected chi connectivity index (χ1v) is 22.5. The van der Waals surface area contributed by atoms with Crippen molar-refractivity contribution in [2.75, 3.05) is 4.90 Å². The van der Waals surface area contributed by atoms with E-state index in [1.54, 1.807) is 0 Å². The largest absolute Gasteiger partial charge is 0.458 e. The molecule has 0 bridgehead atoms. The summed E-state index contributed by atoms with van der Waals surface area (Å²) in [5.41, 5.74) is 17.8. The number of para-hydroxylation sites is 5. The van der Waals surface area contributed by atoms with Gasteiger partial charge in [0.15, 0.2) is 0 Å². The maximum Gasteiger partial charge on any atom is 0.256 e. The Morgan fingerprint density at radius 1 is 0.348 bits per heavy atom. The van der Waals surface area contributed by atoms with E-state index in [0.717, 1.165) is 122 Å². The van der Waals surface area contributed by atoms with Crippen LogP contribution in [0.2, 0.25) is 0 Å². The molecule has 0 atom stereocenters. The van der Waals surface area contributed by atoms with Crippen LogP contribution in [0.4, 0.5) is 17.1 Å². The van der Waals surface area contributed by atoms with Crippen molar-refractivity contribution in [1.82, 2.24) is 4.57 Å². The molecule has 0 N–H and O–H groups in total. The average Bonchev–Trinajstić information content (AvgIpc) is 4.05. The van der Waals surface area contributed by atoms with Crippen LogP contribution in [0.3, 0.4) is 0 Å². The second kappa shape index (κ2) is 13.4. The van der Waals surface area contributed by atoms with E-state index in [2.05, 4.69) is 204 Å². The maximum atomic E-state index is 7.19. The Morgan fingerprint density at radius 3 is 1.62 bits per heavy atom. The third kappa shape index (κ3) is 4.95. The number of fused-ring (bicyclic) bond motifs is 13. The van der Waals surface area contributed by atoms with Gasteiger partial charge in [-0.3, -0.25) is 0 Å². The van der Waals surface area contributed by atoms with Gasteiger partial charge in [-0.25, -0.2) is 0 Å². The molecule has 0 spiro atoms. The molecule has 5 heterocycles. The van der Waals surface area contributed by atoms with E-state index < -0.39 is 0 Å². The number of nitrogens with zero attached hydrogens (tertiary/aromatic N) is 2. The van der Waals surface area contributed by atoms with E-state index in [1.807, 2.05) is 18.2 Å². The Hall–Kier alpha value is -8.74. The lowest BCUT2D eigenvalue weighted by molar-refractivity contribution is 0.487. The van der Waals surface area contributed by atoms with Crippen LogP contribution in [0.15, 0.2) is 221 Å². The summed E-state index contributed by atoms with van der Waals surface area (Å²) in [6, 6.07) is 76.0. The van der Waals surface area contributed by atoms with Crippen molar-refractivity contribution in [3.05, 3.63) is 212 Å². The van der Waals surface area contributed by atoms with Gasteiger partial charge >= 0.3 is 0 Å². The number of hydrogen-bond acceptors (Lipinski definition) is 4. The van der Waals surface area contributed by atoms with Gasteiger partial charge in [0.1, 0.15) is 33.8 Å². The summed E-state index contributed by atoms with van der Waals surface area (Å²) in [7, 11) is 0. The van der Waals surface area contributed by atoms with Crippen LogP contribution in [0.25, 0.3) is 93.6 Å². The Balaban J connectivity index is 1.09. The van der Waals surface area contributed by atoms with Gasteiger partial charge in [0, 0.05) is 78.7 Å². The molecule has 0 unspecified atom stereocenters. The van der Waals surface area contributed by atoms with Crippen LogP contribution in [0, 0.1) is 0 Å². The Bertz CT molecular complexity index is 4070. The van der Waals surface area contributed by atoms with Gasteiger partial charge < -0.3 is 23.0 Å². The fraction of sp³-hybridized carbons (Fsp3) is 0. The van der Waals surface area contributed by atoms with Crippen molar-refractivity contribution in [2.45, 2.75) is 0 Å². The molecule has 13 aromatic rings. The predicted octanol–water partition coefficient (Wildman–Crippen LogP) is 14.3. The molecule has 0 amide bonds. The molecule has 5 nitrogen and oxygen atoms in total. The SMILES string of the molecule is c1ccc(-c2cccc3c4cccc(-c5ccccc5)c4n(-c4cc5c6c(c4)N(c4ccc7c(c4)oc4ccccc47)c4cc7oc8ccccc8c7cc4B6c4ccccc4O5)c23)cc1. The standard InChI is InChI=1S/C60H35BN2O3/c1-3-15-36(16-4-1)40-21-13-23-45-46-24-14-22-41(37-17-5-2-6-18-37)60(46)63(59(40)45)39-31-51-58-57(33-39)66-54-28-12-9-25-48(54)61(58)49-34-47-43-20-8-11-27-53(43)65-56(47)35-50(49)62(51)38-29-30-44-42-19-7-10-26-52(42)64-55(44)32-38/h1-35H. The molecular weight excluding hydrogens is 807 g/mol. The highest BCUT2D eigenvalue weighted by Gasteiger charge is 2.43. The molecule has 306 valence electrons. The summed E-state index contributed by atoms with van der Waals surface area (Å²) in [4.78, 5) is 2.41. The van der Waals surface area contributed by atoms with E-state index in [4.69, 9.17) is 13.6 Å². The first-order chi connectivity index (χ1) is 32.7. The highest BCUT2D eigenvalue weighted by Crippen LogP contribution is 2.48. The maximum absolute atomic E-state index is 7.19. The molecule has 0 saturated heterocycles. The molecule has 15 rings (SSSR count). The van der Waals surface area contributed by atoms with Crippen LogP contribution in [0.5, 0.6) is 11.5 Å². The summed E-state index contributed by atoms with van der Waals surface area (Å²) in [6.45, 7) is -0.119. The van der Waals surface area contributed by atoms with Gasteiger partial charge in [0.05, 0.1) is 16.7 Å². The first-order valence-electron chi connectivity index (χ1n) is 22.5. The number of furan rings is 2. The Kier molecular flexibility index (Phi) is 7.24. The van der Waals surface area contributed by atoms with Crippen molar-refractivity contribution < 1.29 is 13.6 Å². The fourth-order valence-corrected chi connectivity index (χ4v) is 11.2. The third-order valence-electron chi connectivity index (χ3n) is 14.0. The zero-order chi connectivity index (χ0) is 43.0. The zero-order valence-corrected chi connectivity index (χ0v) is 35.4. The van der Waals surface area contributed by atoms with Gasteiger partial charge in [-0.2, -0.15) is 0 Å². The Morgan fingerprint density at radius 2 is 0.924 bits per heavy atom. The number of ether oxygens (including phenoxy) is 1. The first kappa shape index (κ1) is 35.7. The molecule has 6 heteroatoms. The van der Waals surface area contributed by atoms with E-state index in [-0.39, 0.29) is 6.71 Å². The lowest BCUT2D eigenvalue weighted by atomic mass is 9.34. The topological polar surface area (TPSA) is 43.7 Å². The van der Waals surface area contributed by atoms with E-state index in [0.29, 0.717) is 0 Å². The van der Waals surface area contributed by atoms with Crippen LogP contribution in [-0.4, -0.2) is 11.3 Å². The number of rotatable bonds is 4. The van der Waals surface area contributed by atoms with Gasteiger partial charge in [-0.1, -0.05) is 158 Å². The molecule has 10 aromatic carbocycles. The second-order valence-electron chi connectivity index (χ2n) is 17.5. The lowest BCUT2D eigenvalue weighted by Gasteiger charge is -2.40. The highest BCUT2D eigenvalue weighted by atomic mass is 16.5. The van der Waals surface area contributed by atoms with E-state index in [9.17, 15) is 0 Å². The van der Waals surface area contributed by atoms with Crippen molar-refractivity contribution >= 4 is 106 Å². The summed E-state index contributed by atoms with van der Waals surface area (Å²) >= 11 is 0. The van der Waals surface area contributed by atoms with E-state index in [1.165, 1.54) is 16.2 Å². The molecular formula is C60H35BN2O3. The predicted molar refractivity (Wildman–Crippen MR) is 272 cm³/mol. The van der Waals surface area contributed by atoms with Crippen LogP contribution in [-0.2, 0) is 0 Å². The van der Waals surface area contributed by atoms with E-state index >= 15 is 0 Å². The van der Waals surface area contributed by atoms with Crippen molar-refractivity contribution in [3.8, 4) is 39.4 Å². The number of aromatic nitrogens is 1. The Labute approximate surface area is 379 Å². The summed E-state index contributed by atoms with van der Waals surface area (Å²) in [5, 5.41) is 6.74. The third-order valence-corrected chi connectivity index (χ3v) is 14.0. The van der Waals surface area contributed by atoms with Gasteiger partial charge in [-0.05, 0) is 63.9 Å². The molecule has 0 saturated carbocycles. The van der Waals surface area contributed by atoms with Crippen LogP contribution < -0.4 is 26.0 Å². The minimum Gasteiger partial charge on any atom is -0.458 e. The monoisotopic (exact) mass is 842 g/mol. The minimum absolute atomic E-state index is 0.119. The van der Waals surface area contributed by atoms with Crippen LogP contribution in [0.1, 0.15) is 0 Å². The molecule has 0 radical (unpaired) electrons. The minimum atomic E-state index is -0.119. The molecule has 3 aromatic heterocycles. The van der Waals surface area contributed by atoms with Crippen molar-refractivity contribution in [2.24, 2.45) is 0 Å². The van der Waals surface area contributed by atoms with Crippen LogP contribution >= 0.6 is 0 Å². The molecule has 2 aliphatic heterocycles. The molecule has 0 aliphatic carbocycles. The number of hydrogen-bond donors (Lipinski definition) is 0. The summed E-state index contributed by atoms with van der Waals surface area (Å²) < 4.78 is 23.0. The highest BCUT2D eigenvalue weighted by molar-refractivity contribution is 6.99. The second-order valence-corrected chi connectivity index (χ2v) is 17.5. The molecule has 66 heavy (non-hydrogen) atoms.